The number of fused-ring (bicyclic) bond motifs is 9. The van der Waals surface area contributed by atoms with Gasteiger partial charge in [-0.05, 0) is 23.3 Å². The van der Waals surface area contributed by atoms with Gasteiger partial charge in [-0.15, -0.1) is 0 Å². The molecule has 6 aromatic rings. The number of aromatic hydroxyl groups is 1. The molecule has 7 rings (SSSR count). The zero-order valence-corrected chi connectivity index (χ0v) is 17.3. The molecule has 32 heavy (non-hydrogen) atoms. The smallest absolute Gasteiger partial charge is 0.197 e. The molecule has 0 unspecified atom stereocenters. The highest BCUT2D eigenvalue weighted by Gasteiger charge is 2.28. The minimum atomic E-state index is -0.171. The van der Waals surface area contributed by atoms with E-state index in [1.807, 2.05) is 30.5 Å². The number of H-pyrrole nitrogens is 1. The molecule has 158 valence electrons. The molecule has 0 saturated carbocycles. The summed E-state index contributed by atoms with van der Waals surface area (Å²) in [5.74, 6) is 0.174. The fraction of sp³-hybridized carbons (Fsp3) is 0.154. The molecule has 0 amide bonds. The molecule has 4 N–H and O–H groups in total. The lowest BCUT2D eigenvalue weighted by Crippen LogP contribution is -2.11. The second-order valence-corrected chi connectivity index (χ2v) is 8.60. The van der Waals surface area contributed by atoms with Crippen molar-refractivity contribution in [2.24, 2.45) is 0 Å². The van der Waals surface area contributed by atoms with Gasteiger partial charge in [-0.2, -0.15) is 0 Å². The van der Waals surface area contributed by atoms with Crippen LogP contribution in [0.25, 0.3) is 54.4 Å². The number of hydrogen-bond donors (Lipinski definition) is 4. The van der Waals surface area contributed by atoms with Crippen LogP contribution >= 0.6 is 0 Å². The molecule has 1 aliphatic heterocycles. The van der Waals surface area contributed by atoms with Crippen molar-refractivity contribution in [3.8, 4) is 5.88 Å². The van der Waals surface area contributed by atoms with Gasteiger partial charge in [-0.1, -0.05) is 36.4 Å². The fourth-order valence-corrected chi connectivity index (χ4v) is 5.75. The molecule has 3 aromatic carbocycles. The average Bonchev–Trinajstić information content (AvgIpc) is 3.41. The van der Waals surface area contributed by atoms with Gasteiger partial charge in [0.1, 0.15) is 0 Å². The van der Waals surface area contributed by atoms with Crippen molar-refractivity contribution < 1.29 is 15.3 Å². The van der Waals surface area contributed by atoms with E-state index >= 15 is 0 Å². The summed E-state index contributed by atoms with van der Waals surface area (Å²) in [6.45, 7) is 0.820. The van der Waals surface area contributed by atoms with Crippen molar-refractivity contribution in [1.29, 1.82) is 0 Å². The minimum Gasteiger partial charge on any atom is -0.494 e. The Bertz CT molecular complexity index is 1760. The molecule has 0 spiro atoms. The number of aliphatic hydroxyl groups excluding tert-OH is 2. The van der Waals surface area contributed by atoms with E-state index in [9.17, 15) is 15.3 Å². The average molecular weight is 423 g/mol. The summed E-state index contributed by atoms with van der Waals surface area (Å²) in [4.78, 5) is 3.05. The summed E-state index contributed by atoms with van der Waals surface area (Å²) in [5, 5.41) is 37.0. The summed E-state index contributed by atoms with van der Waals surface area (Å²) in [5.41, 5.74) is 6.03. The molecule has 4 heterocycles. The maximum absolute atomic E-state index is 10.9. The van der Waals surface area contributed by atoms with Gasteiger partial charge in [0.25, 0.3) is 0 Å². The van der Waals surface area contributed by atoms with Crippen LogP contribution in [-0.2, 0) is 13.1 Å². The second-order valence-electron chi connectivity index (χ2n) is 8.60. The number of rotatable bonds is 2. The van der Waals surface area contributed by atoms with Gasteiger partial charge >= 0.3 is 0 Å². The summed E-state index contributed by atoms with van der Waals surface area (Å²) < 4.78 is 4.58. The zero-order valence-electron chi connectivity index (χ0n) is 17.3. The van der Waals surface area contributed by atoms with E-state index in [0.717, 1.165) is 60.0 Å². The van der Waals surface area contributed by atoms with E-state index in [4.69, 9.17) is 0 Å². The van der Waals surface area contributed by atoms with Crippen molar-refractivity contribution >= 4 is 54.4 Å². The summed E-state index contributed by atoms with van der Waals surface area (Å²) >= 11 is 0. The first kappa shape index (κ1) is 17.9. The molecule has 6 heteroatoms. The number of aromatic amines is 1. The number of hydrogen-bond acceptors (Lipinski definition) is 3. The number of nitrogens with zero attached hydrogens (tertiary/aromatic N) is 2. The van der Waals surface area contributed by atoms with Crippen LogP contribution in [0, 0.1) is 0 Å². The Morgan fingerprint density at radius 1 is 0.750 bits per heavy atom. The number of benzene rings is 3. The highest BCUT2D eigenvalue weighted by atomic mass is 16.3. The van der Waals surface area contributed by atoms with Crippen molar-refractivity contribution in [2.75, 3.05) is 13.2 Å². The van der Waals surface area contributed by atoms with E-state index in [1.165, 1.54) is 0 Å². The lowest BCUT2D eigenvalue weighted by Gasteiger charge is -2.14. The van der Waals surface area contributed by atoms with Crippen LogP contribution in [0.15, 0.2) is 65.9 Å². The van der Waals surface area contributed by atoms with Crippen molar-refractivity contribution in [3.63, 3.8) is 0 Å². The highest BCUT2D eigenvalue weighted by Crippen LogP contribution is 2.48. The molecular formula is C26H21N3O3. The molecule has 0 bridgehead atoms. The third-order valence-electron chi connectivity index (χ3n) is 7.12. The lowest BCUT2D eigenvalue weighted by molar-refractivity contribution is 0.273. The third kappa shape index (κ3) is 2.01. The number of aromatic nitrogens is 3. The standard InChI is InChI=1S/C26H21N3O3/c30-12-15(13-31)14-10-28-19-7-3-1-5-16(19)21-18-9-27-26(32)23(18)22-17-6-2-4-8-20(17)29(11-14)25(22)24(21)28/h1-9,27,30-32H,10-13H2. The Morgan fingerprint density at radius 3 is 1.94 bits per heavy atom. The van der Waals surface area contributed by atoms with Gasteiger partial charge in [-0.3, -0.25) is 0 Å². The first-order valence-electron chi connectivity index (χ1n) is 10.8. The predicted octanol–water partition coefficient (Wildman–Crippen LogP) is 4.38. The Labute approximate surface area is 182 Å². The second kappa shape index (κ2) is 6.16. The maximum atomic E-state index is 10.9. The molecule has 0 radical (unpaired) electrons. The number of para-hydroxylation sites is 2. The van der Waals surface area contributed by atoms with Crippen molar-refractivity contribution in [3.05, 3.63) is 65.9 Å². The summed E-state index contributed by atoms with van der Waals surface area (Å²) in [6.07, 6.45) is 1.90. The Hall–Kier alpha value is -3.74. The highest BCUT2D eigenvalue weighted by molar-refractivity contribution is 6.36. The van der Waals surface area contributed by atoms with Crippen molar-refractivity contribution in [1.82, 2.24) is 14.1 Å². The first-order valence-corrected chi connectivity index (χ1v) is 10.8. The van der Waals surface area contributed by atoms with E-state index in [1.54, 1.807) is 0 Å². The van der Waals surface area contributed by atoms with Gasteiger partial charge in [-0.25, -0.2) is 0 Å². The Kier molecular flexibility index (Phi) is 3.44. The molecule has 0 fully saturated rings. The molecule has 0 atom stereocenters. The molecule has 0 saturated heterocycles. The Morgan fingerprint density at radius 2 is 1.31 bits per heavy atom. The summed E-state index contributed by atoms with van der Waals surface area (Å²) in [6, 6.07) is 16.6. The van der Waals surface area contributed by atoms with Gasteiger partial charge in [0.2, 0.25) is 0 Å². The van der Waals surface area contributed by atoms with Crippen LogP contribution in [0.2, 0.25) is 0 Å². The van der Waals surface area contributed by atoms with Gasteiger partial charge in [0.05, 0.1) is 29.6 Å². The Balaban J connectivity index is 1.86. The van der Waals surface area contributed by atoms with E-state index in [-0.39, 0.29) is 19.1 Å². The fourth-order valence-electron chi connectivity index (χ4n) is 5.75. The topological polar surface area (TPSA) is 86.3 Å². The van der Waals surface area contributed by atoms with Crippen molar-refractivity contribution in [2.45, 2.75) is 13.1 Å². The molecule has 6 nitrogen and oxygen atoms in total. The number of aliphatic hydroxyl groups is 2. The predicted molar refractivity (Wildman–Crippen MR) is 127 cm³/mol. The van der Waals surface area contributed by atoms with Crippen LogP contribution in [0.3, 0.4) is 0 Å². The lowest BCUT2D eigenvalue weighted by atomic mass is 10.0. The van der Waals surface area contributed by atoms with E-state index in [0.29, 0.717) is 18.7 Å². The van der Waals surface area contributed by atoms with Crippen LogP contribution in [-0.4, -0.2) is 42.7 Å². The molecular weight excluding hydrogens is 402 g/mol. The quantitative estimate of drug-likeness (QED) is 0.312. The third-order valence-corrected chi connectivity index (χ3v) is 7.12. The van der Waals surface area contributed by atoms with Gasteiger partial charge in [0, 0.05) is 57.3 Å². The molecule has 3 aromatic heterocycles. The minimum absolute atomic E-state index is 0.171. The molecule has 1 aliphatic rings. The van der Waals surface area contributed by atoms with Crippen LogP contribution < -0.4 is 0 Å². The SMILES string of the molecule is OCC(CO)=C1Cn2c3ccccc3c3c4c[nH]c(O)c4c4c5ccccc5n(c4c32)C1. The van der Waals surface area contributed by atoms with E-state index < -0.39 is 0 Å². The zero-order chi connectivity index (χ0) is 21.6. The van der Waals surface area contributed by atoms with Gasteiger partial charge < -0.3 is 29.4 Å². The van der Waals surface area contributed by atoms with Gasteiger partial charge in [0.15, 0.2) is 5.88 Å². The van der Waals surface area contributed by atoms with Crippen LogP contribution in [0.4, 0.5) is 0 Å². The first-order chi connectivity index (χ1) is 15.7. The summed E-state index contributed by atoms with van der Waals surface area (Å²) in [7, 11) is 0. The number of nitrogens with one attached hydrogen (secondary N) is 1. The monoisotopic (exact) mass is 423 g/mol. The maximum Gasteiger partial charge on any atom is 0.197 e. The normalized spacial score (nSPS) is 14.0. The largest absolute Gasteiger partial charge is 0.494 e. The van der Waals surface area contributed by atoms with E-state index in [2.05, 4.69) is 38.4 Å². The molecule has 0 aliphatic carbocycles. The number of allylic oxidation sites excluding steroid dienone is 1. The van der Waals surface area contributed by atoms with Crippen LogP contribution in [0.1, 0.15) is 0 Å². The van der Waals surface area contributed by atoms with Crippen LogP contribution in [0.5, 0.6) is 5.88 Å².